The van der Waals surface area contributed by atoms with Gasteiger partial charge in [-0.15, -0.1) is 11.3 Å². The van der Waals surface area contributed by atoms with E-state index in [0.717, 1.165) is 16.9 Å². The Hall–Kier alpha value is -1.94. The third kappa shape index (κ3) is 1.71. The lowest BCUT2D eigenvalue weighted by Gasteiger charge is -2.12. The Balaban J connectivity index is 2.12. The molecule has 0 atom stereocenters. The van der Waals surface area contributed by atoms with Crippen LogP contribution in [-0.4, -0.2) is 11.8 Å². The summed E-state index contributed by atoms with van der Waals surface area (Å²) in [6.07, 6.45) is 0.853. The van der Waals surface area contributed by atoms with Crippen molar-refractivity contribution in [3.05, 3.63) is 51.2 Å². The van der Waals surface area contributed by atoms with Crippen LogP contribution >= 0.6 is 11.3 Å². The number of fused-ring (bicyclic) bond motifs is 1. The van der Waals surface area contributed by atoms with Gasteiger partial charge in [0.25, 0.3) is 11.8 Å². The minimum Gasteiger partial charge on any atom is -0.268 e. The normalized spacial score (nSPS) is 14.1. The highest BCUT2D eigenvalue weighted by Gasteiger charge is 2.37. The molecule has 0 unspecified atom stereocenters. The number of thiophene rings is 1. The number of hydrogen-bond donors (Lipinski definition) is 0. The summed E-state index contributed by atoms with van der Waals surface area (Å²) in [5.41, 5.74) is 2.81. The van der Waals surface area contributed by atoms with Gasteiger partial charge in [0.2, 0.25) is 0 Å². The summed E-state index contributed by atoms with van der Waals surface area (Å²) in [4.78, 5) is 27.1. The highest BCUT2D eigenvalue weighted by atomic mass is 32.1. The topological polar surface area (TPSA) is 37.4 Å². The molecule has 0 aliphatic carbocycles. The van der Waals surface area contributed by atoms with Gasteiger partial charge in [-0.3, -0.25) is 9.59 Å². The Kier molecular flexibility index (Phi) is 2.75. The van der Waals surface area contributed by atoms with Gasteiger partial charge >= 0.3 is 0 Å². The lowest BCUT2D eigenvalue weighted by molar-refractivity contribution is 0.0926. The third-order valence-electron chi connectivity index (χ3n) is 3.43. The van der Waals surface area contributed by atoms with E-state index in [1.54, 1.807) is 6.07 Å². The van der Waals surface area contributed by atoms with E-state index < -0.39 is 0 Å². The van der Waals surface area contributed by atoms with Crippen LogP contribution in [0.1, 0.15) is 38.1 Å². The number of amides is 2. The number of hydrogen-bond acceptors (Lipinski definition) is 3. The Morgan fingerprint density at radius 1 is 1.11 bits per heavy atom. The molecule has 0 spiro atoms. The summed E-state index contributed by atoms with van der Waals surface area (Å²) in [7, 11) is 0. The minimum absolute atomic E-state index is 0.211. The average Bonchev–Trinajstić information content (AvgIpc) is 2.93. The van der Waals surface area contributed by atoms with Crippen molar-refractivity contribution in [1.29, 1.82) is 0 Å². The van der Waals surface area contributed by atoms with Gasteiger partial charge in [-0.25, -0.2) is 4.90 Å². The van der Waals surface area contributed by atoms with Crippen LogP contribution in [0.2, 0.25) is 0 Å². The van der Waals surface area contributed by atoms with Crippen LogP contribution in [0.4, 0.5) is 5.69 Å². The van der Waals surface area contributed by atoms with Gasteiger partial charge < -0.3 is 0 Å². The molecular formula is C15H13NO2S. The van der Waals surface area contributed by atoms with Crippen molar-refractivity contribution in [3.63, 3.8) is 0 Å². The molecule has 2 aromatic rings. The summed E-state index contributed by atoms with van der Waals surface area (Å²) >= 11 is 1.54. The summed E-state index contributed by atoms with van der Waals surface area (Å²) < 4.78 is 0. The maximum absolute atomic E-state index is 12.4. The Bertz CT molecular complexity index is 687. The first-order chi connectivity index (χ1) is 9.13. The summed E-state index contributed by atoms with van der Waals surface area (Å²) in [5.74, 6) is -0.430. The molecule has 19 heavy (non-hydrogen) atoms. The van der Waals surface area contributed by atoms with E-state index in [-0.39, 0.29) is 11.8 Å². The molecule has 0 N–H and O–H groups in total. The number of anilines is 1. The molecule has 2 amide bonds. The number of aryl methyl sites for hydroxylation is 2. The van der Waals surface area contributed by atoms with E-state index in [1.807, 2.05) is 37.4 Å². The van der Waals surface area contributed by atoms with E-state index in [9.17, 15) is 9.59 Å². The van der Waals surface area contributed by atoms with Crippen LogP contribution in [0.25, 0.3) is 0 Å². The Morgan fingerprint density at radius 3 is 2.47 bits per heavy atom. The fraction of sp³-hybridized carbons (Fsp3) is 0.200. The molecular weight excluding hydrogens is 258 g/mol. The van der Waals surface area contributed by atoms with Crippen LogP contribution in [0.15, 0.2) is 29.6 Å². The minimum atomic E-state index is -0.218. The molecule has 0 saturated carbocycles. The van der Waals surface area contributed by atoms with Crippen LogP contribution < -0.4 is 4.90 Å². The first kappa shape index (κ1) is 12.1. The molecule has 2 heterocycles. The van der Waals surface area contributed by atoms with E-state index in [2.05, 4.69) is 0 Å². The van der Waals surface area contributed by atoms with E-state index in [0.29, 0.717) is 16.8 Å². The quantitative estimate of drug-likeness (QED) is 0.785. The molecule has 0 radical (unpaired) electrons. The van der Waals surface area contributed by atoms with Crippen LogP contribution in [0.3, 0.4) is 0 Å². The van der Waals surface area contributed by atoms with E-state index >= 15 is 0 Å². The molecule has 1 aromatic carbocycles. The number of rotatable bonds is 2. The second-order valence-electron chi connectivity index (χ2n) is 4.54. The van der Waals surface area contributed by atoms with Crippen molar-refractivity contribution in [3.8, 4) is 0 Å². The number of imide groups is 1. The zero-order valence-corrected chi connectivity index (χ0v) is 11.6. The predicted molar refractivity (Wildman–Crippen MR) is 76.0 cm³/mol. The monoisotopic (exact) mass is 271 g/mol. The molecule has 0 bridgehead atoms. The second-order valence-corrected chi connectivity index (χ2v) is 5.66. The van der Waals surface area contributed by atoms with Crippen LogP contribution in [-0.2, 0) is 6.42 Å². The largest absolute Gasteiger partial charge is 0.268 e. The predicted octanol–water partition coefficient (Wildman–Crippen LogP) is 3.42. The zero-order valence-electron chi connectivity index (χ0n) is 10.8. The lowest BCUT2D eigenvalue weighted by Crippen LogP contribution is -2.29. The van der Waals surface area contributed by atoms with Gasteiger partial charge in [0.1, 0.15) is 0 Å². The van der Waals surface area contributed by atoms with E-state index in [1.165, 1.54) is 16.2 Å². The molecule has 4 heteroatoms. The number of carbonyl (C=O) groups is 2. The van der Waals surface area contributed by atoms with Crippen molar-refractivity contribution in [2.24, 2.45) is 0 Å². The van der Waals surface area contributed by atoms with E-state index in [4.69, 9.17) is 0 Å². The Morgan fingerprint density at radius 2 is 1.84 bits per heavy atom. The fourth-order valence-electron chi connectivity index (χ4n) is 2.34. The smallest absolute Gasteiger partial charge is 0.266 e. The van der Waals surface area contributed by atoms with Crippen molar-refractivity contribution >= 4 is 28.8 Å². The van der Waals surface area contributed by atoms with Gasteiger partial charge in [-0.05, 0) is 42.5 Å². The van der Waals surface area contributed by atoms with Crippen LogP contribution in [0.5, 0.6) is 0 Å². The standard InChI is InChI=1S/C15H13NO2S/c1-3-10-4-5-11-12(8-10)15(18)16(14(11)17)13-6-7-19-9(13)2/h4-8H,3H2,1-2H3. The summed E-state index contributed by atoms with van der Waals surface area (Å²) in [5, 5.41) is 1.89. The molecule has 1 aromatic heterocycles. The summed E-state index contributed by atoms with van der Waals surface area (Å²) in [6, 6.07) is 7.32. The van der Waals surface area contributed by atoms with Gasteiger partial charge in [0, 0.05) is 4.88 Å². The average molecular weight is 271 g/mol. The van der Waals surface area contributed by atoms with Crippen molar-refractivity contribution in [2.75, 3.05) is 4.90 Å². The molecule has 1 aliphatic heterocycles. The van der Waals surface area contributed by atoms with Gasteiger partial charge in [0.05, 0.1) is 16.8 Å². The first-order valence-electron chi connectivity index (χ1n) is 6.19. The van der Waals surface area contributed by atoms with Gasteiger partial charge in [-0.1, -0.05) is 13.0 Å². The number of carbonyl (C=O) groups excluding carboxylic acids is 2. The molecule has 3 nitrogen and oxygen atoms in total. The maximum atomic E-state index is 12.4. The van der Waals surface area contributed by atoms with Crippen molar-refractivity contribution in [2.45, 2.75) is 20.3 Å². The van der Waals surface area contributed by atoms with Gasteiger partial charge in [0.15, 0.2) is 0 Å². The van der Waals surface area contributed by atoms with Gasteiger partial charge in [-0.2, -0.15) is 0 Å². The fourth-order valence-corrected chi connectivity index (χ4v) is 3.02. The molecule has 3 rings (SSSR count). The second kappa shape index (κ2) is 4.31. The summed E-state index contributed by atoms with van der Waals surface area (Å²) in [6.45, 7) is 3.95. The van der Waals surface area contributed by atoms with Crippen molar-refractivity contribution < 1.29 is 9.59 Å². The molecule has 0 fully saturated rings. The third-order valence-corrected chi connectivity index (χ3v) is 4.27. The lowest BCUT2D eigenvalue weighted by atomic mass is 10.0. The number of nitrogens with zero attached hydrogens (tertiary/aromatic N) is 1. The molecule has 1 aliphatic rings. The van der Waals surface area contributed by atoms with Crippen molar-refractivity contribution in [1.82, 2.24) is 0 Å². The zero-order chi connectivity index (χ0) is 13.6. The molecule has 0 saturated heterocycles. The SMILES string of the molecule is CCc1ccc2c(c1)C(=O)N(c1ccsc1C)C2=O. The Labute approximate surface area is 115 Å². The van der Waals surface area contributed by atoms with Crippen LogP contribution in [0, 0.1) is 6.92 Å². The number of benzene rings is 1. The highest BCUT2D eigenvalue weighted by molar-refractivity contribution is 7.10. The molecule has 96 valence electrons. The maximum Gasteiger partial charge on any atom is 0.266 e. The first-order valence-corrected chi connectivity index (χ1v) is 7.07. The highest BCUT2D eigenvalue weighted by Crippen LogP contribution is 2.33.